The van der Waals surface area contributed by atoms with Crippen molar-refractivity contribution in [1.29, 1.82) is 0 Å². The standard InChI is InChI=1S/C58H42F2N4/c1-39-40(2)61(45-11-5-3-6-12-45)57-35-33-51(37-54(39)57)62(49-29-21-43(59)22-30-49)47-25-17-41(18-26-47)42-19-27-48(28-20-42)63(50-31-23-44(60)24-32-50)52-34-36-58-55(38-52)53-15-9-10-16-56(53)64(58)46-13-7-4-8-14-46/h3-38H,1-2H3. The molecule has 11 aromatic rings. The van der Waals surface area contributed by atoms with Gasteiger partial charge in [0, 0.05) is 67.4 Å². The lowest BCUT2D eigenvalue weighted by atomic mass is 10.0. The van der Waals surface area contributed by atoms with Crippen LogP contribution < -0.4 is 9.80 Å². The fourth-order valence-corrected chi connectivity index (χ4v) is 9.25. The summed E-state index contributed by atoms with van der Waals surface area (Å²) in [5.41, 5.74) is 15.7. The second kappa shape index (κ2) is 15.9. The van der Waals surface area contributed by atoms with E-state index < -0.39 is 0 Å². The molecule has 2 heterocycles. The van der Waals surface area contributed by atoms with E-state index in [0.717, 1.165) is 89.3 Å². The lowest BCUT2D eigenvalue weighted by molar-refractivity contribution is 0.627. The van der Waals surface area contributed by atoms with E-state index >= 15 is 0 Å². The minimum absolute atomic E-state index is 0.279. The fraction of sp³-hybridized carbons (Fsp3) is 0.0345. The number of benzene rings is 9. The molecule has 0 bridgehead atoms. The van der Waals surface area contributed by atoms with Crippen molar-refractivity contribution in [2.24, 2.45) is 0 Å². The molecule has 0 atom stereocenters. The molecule has 0 saturated heterocycles. The molecule has 4 nitrogen and oxygen atoms in total. The SMILES string of the molecule is Cc1c(C)n(-c2ccccc2)c2ccc(N(c3ccc(F)cc3)c3ccc(-c4ccc(N(c5ccc(F)cc5)c5ccc6c(c5)c5ccccc5n6-c5ccccc5)cc4)cc3)cc12. The number of hydrogen-bond acceptors (Lipinski definition) is 2. The van der Waals surface area contributed by atoms with Crippen molar-refractivity contribution < 1.29 is 8.78 Å². The minimum Gasteiger partial charge on any atom is -0.314 e. The zero-order valence-corrected chi connectivity index (χ0v) is 35.3. The molecule has 0 unspecified atom stereocenters. The number of hydrogen-bond donors (Lipinski definition) is 0. The monoisotopic (exact) mass is 832 g/mol. The van der Waals surface area contributed by atoms with E-state index in [0.29, 0.717) is 0 Å². The normalized spacial score (nSPS) is 11.4. The van der Waals surface area contributed by atoms with Gasteiger partial charge in [-0.2, -0.15) is 0 Å². The van der Waals surface area contributed by atoms with Crippen LogP contribution in [0.25, 0.3) is 55.2 Å². The first-order chi connectivity index (χ1) is 31.4. The Kier molecular flexibility index (Phi) is 9.62. The van der Waals surface area contributed by atoms with Gasteiger partial charge in [0.2, 0.25) is 0 Å². The van der Waals surface area contributed by atoms with Gasteiger partial charge < -0.3 is 18.9 Å². The van der Waals surface area contributed by atoms with Gasteiger partial charge in [0.1, 0.15) is 11.6 Å². The second-order valence-corrected chi connectivity index (χ2v) is 16.2. The van der Waals surface area contributed by atoms with E-state index in [1.54, 1.807) is 0 Å². The Morgan fingerprint density at radius 2 is 0.703 bits per heavy atom. The van der Waals surface area contributed by atoms with Crippen LogP contribution in [0, 0.1) is 25.5 Å². The second-order valence-electron chi connectivity index (χ2n) is 16.2. The molecule has 0 fully saturated rings. The van der Waals surface area contributed by atoms with Crippen LogP contribution in [-0.2, 0) is 0 Å². The number of para-hydroxylation sites is 3. The van der Waals surface area contributed by atoms with Crippen LogP contribution in [0.1, 0.15) is 11.3 Å². The molecule has 0 spiro atoms. The number of anilines is 6. The molecule has 9 aromatic carbocycles. The lowest BCUT2D eigenvalue weighted by Crippen LogP contribution is -2.10. The highest BCUT2D eigenvalue weighted by atomic mass is 19.1. The zero-order chi connectivity index (χ0) is 43.3. The van der Waals surface area contributed by atoms with Crippen molar-refractivity contribution in [1.82, 2.24) is 9.13 Å². The van der Waals surface area contributed by atoms with E-state index in [2.05, 4.69) is 191 Å². The summed E-state index contributed by atoms with van der Waals surface area (Å²) >= 11 is 0. The molecule has 64 heavy (non-hydrogen) atoms. The highest BCUT2D eigenvalue weighted by Gasteiger charge is 2.20. The highest BCUT2D eigenvalue weighted by molar-refractivity contribution is 6.10. The van der Waals surface area contributed by atoms with Gasteiger partial charge in [-0.15, -0.1) is 0 Å². The Morgan fingerprint density at radius 3 is 1.20 bits per heavy atom. The molecule has 0 N–H and O–H groups in total. The smallest absolute Gasteiger partial charge is 0.123 e. The molecule has 0 aliphatic carbocycles. The first-order valence-electron chi connectivity index (χ1n) is 21.5. The van der Waals surface area contributed by atoms with Crippen molar-refractivity contribution in [3.63, 3.8) is 0 Å². The Morgan fingerprint density at radius 1 is 0.328 bits per heavy atom. The van der Waals surface area contributed by atoms with Crippen molar-refractivity contribution in [3.05, 3.63) is 241 Å². The summed E-state index contributed by atoms with van der Waals surface area (Å²) < 4.78 is 33.2. The maximum atomic E-state index is 14.3. The third kappa shape index (κ3) is 6.77. The molecule has 0 radical (unpaired) electrons. The van der Waals surface area contributed by atoms with Gasteiger partial charge in [-0.1, -0.05) is 78.9 Å². The fourth-order valence-electron chi connectivity index (χ4n) is 9.25. The van der Waals surface area contributed by atoms with Crippen molar-refractivity contribution >= 4 is 66.8 Å². The molecule has 6 heteroatoms. The summed E-state index contributed by atoms with van der Waals surface area (Å²) in [5.74, 6) is -0.562. The summed E-state index contributed by atoms with van der Waals surface area (Å²) in [6.45, 7) is 4.34. The van der Waals surface area contributed by atoms with Gasteiger partial charge >= 0.3 is 0 Å². The number of halogens is 2. The van der Waals surface area contributed by atoms with E-state index in [1.807, 2.05) is 36.4 Å². The predicted octanol–water partition coefficient (Wildman–Crippen LogP) is 16.2. The summed E-state index contributed by atoms with van der Waals surface area (Å²) in [6, 6.07) is 72.8. The Bertz CT molecular complexity index is 3450. The summed E-state index contributed by atoms with van der Waals surface area (Å²) in [6.07, 6.45) is 0. The zero-order valence-electron chi connectivity index (χ0n) is 35.3. The molecule has 11 rings (SSSR count). The van der Waals surface area contributed by atoms with E-state index in [4.69, 9.17) is 0 Å². The van der Waals surface area contributed by atoms with Gasteiger partial charge in [0.25, 0.3) is 0 Å². The first kappa shape index (κ1) is 38.7. The maximum absolute atomic E-state index is 14.3. The first-order valence-corrected chi connectivity index (χ1v) is 21.5. The Balaban J connectivity index is 0.951. The van der Waals surface area contributed by atoms with Crippen LogP contribution in [0.5, 0.6) is 0 Å². The largest absolute Gasteiger partial charge is 0.314 e. The summed E-state index contributed by atoms with van der Waals surface area (Å²) in [4.78, 5) is 4.35. The van der Waals surface area contributed by atoms with Crippen LogP contribution >= 0.6 is 0 Å². The molecular weight excluding hydrogens is 791 g/mol. The molecule has 308 valence electrons. The highest BCUT2D eigenvalue weighted by Crippen LogP contribution is 2.42. The number of aryl methyl sites for hydroxylation is 1. The van der Waals surface area contributed by atoms with Gasteiger partial charge in [0.05, 0.1) is 16.6 Å². The van der Waals surface area contributed by atoms with E-state index in [-0.39, 0.29) is 11.6 Å². The van der Waals surface area contributed by atoms with Crippen LogP contribution in [0.15, 0.2) is 218 Å². The molecule has 0 saturated carbocycles. The summed E-state index contributed by atoms with van der Waals surface area (Å²) in [7, 11) is 0. The molecule has 0 aliphatic rings. The van der Waals surface area contributed by atoms with Gasteiger partial charge in [-0.3, -0.25) is 0 Å². The average molecular weight is 833 g/mol. The Hall–Kier alpha value is -8.22. The van der Waals surface area contributed by atoms with Gasteiger partial charge in [-0.05, 0) is 170 Å². The number of rotatable bonds is 9. The molecule has 2 aromatic heterocycles. The number of fused-ring (bicyclic) bond motifs is 4. The number of nitrogens with zero attached hydrogens (tertiary/aromatic N) is 4. The lowest BCUT2D eigenvalue weighted by Gasteiger charge is -2.26. The van der Waals surface area contributed by atoms with Crippen molar-refractivity contribution in [3.8, 4) is 22.5 Å². The van der Waals surface area contributed by atoms with Crippen LogP contribution in [0.3, 0.4) is 0 Å². The molecular formula is C58H42F2N4. The summed E-state index contributed by atoms with van der Waals surface area (Å²) in [5, 5.41) is 3.45. The van der Waals surface area contributed by atoms with Gasteiger partial charge in [0.15, 0.2) is 0 Å². The van der Waals surface area contributed by atoms with Crippen molar-refractivity contribution in [2.75, 3.05) is 9.80 Å². The minimum atomic E-state index is -0.283. The average Bonchev–Trinajstić information content (AvgIpc) is 3.80. The van der Waals surface area contributed by atoms with Crippen LogP contribution in [0.4, 0.5) is 42.9 Å². The van der Waals surface area contributed by atoms with Gasteiger partial charge in [-0.25, -0.2) is 8.78 Å². The van der Waals surface area contributed by atoms with Crippen molar-refractivity contribution in [2.45, 2.75) is 13.8 Å². The Labute approximate surface area is 370 Å². The van der Waals surface area contributed by atoms with Crippen LogP contribution in [0.2, 0.25) is 0 Å². The number of aromatic nitrogens is 2. The van der Waals surface area contributed by atoms with Crippen LogP contribution in [-0.4, -0.2) is 9.13 Å². The topological polar surface area (TPSA) is 16.3 Å². The predicted molar refractivity (Wildman–Crippen MR) is 262 cm³/mol. The molecule has 0 amide bonds. The quantitative estimate of drug-likeness (QED) is 0.144. The third-order valence-corrected chi connectivity index (χ3v) is 12.5. The third-order valence-electron chi connectivity index (χ3n) is 12.5. The maximum Gasteiger partial charge on any atom is 0.123 e. The van der Waals surface area contributed by atoms with E-state index in [9.17, 15) is 8.78 Å². The van der Waals surface area contributed by atoms with E-state index in [1.165, 1.54) is 35.5 Å². The molecule has 0 aliphatic heterocycles.